The summed E-state index contributed by atoms with van der Waals surface area (Å²) in [5.74, 6) is 0.526. The molecular weight excluding hydrogens is 198 g/mol. The Hall–Kier alpha value is -0.480. The van der Waals surface area contributed by atoms with Crippen LogP contribution >= 0.6 is 12.2 Å². The third-order valence-corrected chi connectivity index (χ3v) is 2.78. The van der Waals surface area contributed by atoms with Gasteiger partial charge in [0.25, 0.3) is 0 Å². The minimum atomic E-state index is -0.301. The molecule has 0 N–H and O–H groups in total. The Balaban J connectivity index is 2.80. The zero-order chi connectivity index (χ0) is 10.7. The van der Waals surface area contributed by atoms with E-state index in [2.05, 4.69) is 13.8 Å². The predicted molar refractivity (Wildman–Crippen MR) is 59.2 cm³/mol. The SMILES string of the molecule is CCC(=O)N1C(C=S)OCC1C(C)C. The highest BCUT2D eigenvalue weighted by atomic mass is 32.1. The zero-order valence-electron chi connectivity index (χ0n) is 8.90. The fourth-order valence-corrected chi connectivity index (χ4v) is 1.88. The lowest BCUT2D eigenvalue weighted by molar-refractivity contribution is -0.135. The molecule has 1 aliphatic heterocycles. The molecule has 14 heavy (non-hydrogen) atoms. The van der Waals surface area contributed by atoms with Gasteiger partial charge in [0.05, 0.1) is 12.6 Å². The smallest absolute Gasteiger partial charge is 0.224 e. The van der Waals surface area contributed by atoms with E-state index in [9.17, 15) is 4.79 Å². The van der Waals surface area contributed by atoms with E-state index in [0.717, 1.165) is 0 Å². The maximum Gasteiger partial charge on any atom is 0.224 e. The average molecular weight is 215 g/mol. The maximum atomic E-state index is 11.7. The highest BCUT2D eigenvalue weighted by Crippen LogP contribution is 2.22. The molecule has 0 bridgehead atoms. The second-order valence-corrected chi connectivity index (χ2v) is 4.10. The second kappa shape index (κ2) is 4.84. The largest absolute Gasteiger partial charge is 0.352 e. The van der Waals surface area contributed by atoms with E-state index in [0.29, 0.717) is 18.9 Å². The highest BCUT2D eigenvalue weighted by Gasteiger charge is 2.37. The van der Waals surface area contributed by atoms with E-state index in [1.807, 2.05) is 6.92 Å². The molecule has 0 aromatic carbocycles. The maximum absolute atomic E-state index is 11.7. The van der Waals surface area contributed by atoms with Crippen molar-refractivity contribution in [3.8, 4) is 0 Å². The van der Waals surface area contributed by atoms with Gasteiger partial charge < -0.3 is 9.64 Å². The van der Waals surface area contributed by atoms with Crippen molar-refractivity contribution >= 4 is 23.5 Å². The standard InChI is InChI=1S/C10H17NO2S/c1-4-9(12)11-8(7(2)3)5-13-10(11)6-14/h6-8,10H,4-5H2,1-3H3. The van der Waals surface area contributed by atoms with Crippen LogP contribution < -0.4 is 0 Å². The Bertz CT molecular complexity index is 230. The van der Waals surface area contributed by atoms with Crippen molar-refractivity contribution in [2.45, 2.75) is 39.5 Å². The van der Waals surface area contributed by atoms with Gasteiger partial charge in [0.2, 0.25) is 5.91 Å². The van der Waals surface area contributed by atoms with Gasteiger partial charge in [-0.25, -0.2) is 0 Å². The average Bonchev–Trinajstić information content (AvgIpc) is 2.59. The zero-order valence-corrected chi connectivity index (χ0v) is 9.71. The van der Waals surface area contributed by atoms with Crippen molar-refractivity contribution in [3.63, 3.8) is 0 Å². The lowest BCUT2D eigenvalue weighted by Gasteiger charge is -2.28. The molecule has 2 atom stereocenters. The normalized spacial score (nSPS) is 27.0. The van der Waals surface area contributed by atoms with E-state index in [-0.39, 0.29) is 18.2 Å². The fourth-order valence-electron chi connectivity index (χ4n) is 1.67. The second-order valence-electron chi connectivity index (χ2n) is 3.83. The van der Waals surface area contributed by atoms with Gasteiger partial charge in [0.1, 0.15) is 0 Å². The molecule has 80 valence electrons. The molecule has 0 saturated carbocycles. The Morgan fingerprint density at radius 3 is 2.79 bits per heavy atom. The van der Waals surface area contributed by atoms with Crippen molar-refractivity contribution < 1.29 is 9.53 Å². The van der Waals surface area contributed by atoms with E-state index in [1.54, 1.807) is 4.90 Å². The molecule has 1 saturated heterocycles. The lowest BCUT2D eigenvalue weighted by atomic mass is 10.0. The predicted octanol–water partition coefficient (Wildman–Crippen LogP) is 1.61. The van der Waals surface area contributed by atoms with Crippen molar-refractivity contribution in [2.75, 3.05) is 6.61 Å². The molecule has 1 aliphatic rings. The Kier molecular flexibility index (Phi) is 4.01. The van der Waals surface area contributed by atoms with Crippen LogP contribution in [-0.2, 0) is 9.53 Å². The molecule has 1 amide bonds. The monoisotopic (exact) mass is 215 g/mol. The van der Waals surface area contributed by atoms with Gasteiger partial charge in [-0.1, -0.05) is 33.0 Å². The Morgan fingerprint density at radius 1 is 1.71 bits per heavy atom. The number of hydrogen-bond donors (Lipinski definition) is 0. The van der Waals surface area contributed by atoms with E-state index in [4.69, 9.17) is 17.0 Å². The fraction of sp³-hybridized carbons (Fsp3) is 0.800. The molecule has 2 unspecified atom stereocenters. The van der Waals surface area contributed by atoms with Crippen LogP contribution in [0, 0.1) is 5.92 Å². The third kappa shape index (κ3) is 2.12. The number of amides is 1. The molecule has 0 spiro atoms. The van der Waals surface area contributed by atoms with Crippen molar-refractivity contribution in [1.29, 1.82) is 0 Å². The van der Waals surface area contributed by atoms with Gasteiger partial charge >= 0.3 is 0 Å². The summed E-state index contributed by atoms with van der Waals surface area (Å²) in [5.41, 5.74) is 0. The van der Waals surface area contributed by atoms with Crippen LogP contribution in [0.15, 0.2) is 0 Å². The number of hydrogen-bond acceptors (Lipinski definition) is 3. The summed E-state index contributed by atoms with van der Waals surface area (Å²) in [4.78, 5) is 13.5. The molecule has 0 aromatic rings. The molecular formula is C10H17NO2S. The minimum Gasteiger partial charge on any atom is -0.352 e. The molecule has 1 rings (SSSR count). The van der Waals surface area contributed by atoms with Crippen molar-refractivity contribution in [1.82, 2.24) is 4.90 Å². The first kappa shape index (κ1) is 11.6. The van der Waals surface area contributed by atoms with Gasteiger partial charge in [-0.2, -0.15) is 0 Å². The summed E-state index contributed by atoms with van der Waals surface area (Å²) in [5, 5.41) is 1.52. The first-order valence-electron chi connectivity index (χ1n) is 4.99. The molecule has 0 radical (unpaired) electrons. The first-order chi connectivity index (χ1) is 6.61. The number of nitrogens with zero attached hydrogens (tertiary/aromatic N) is 1. The molecule has 0 aliphatic carbocycles. The summed E-state index contributed by atoms with van der Waals surface area (Å²) in [6, 6.07) is 0.173. The molecule has 0 aromatic heterocycles. The molecule has 3 nitrogen and oxygen atoms in total. The van der Waals surface area contributed by atoms with E-state index in [1.165, 1.54) is 5.37 Å². The van der Waals surface area contributed by atoms with Crippen LogP contribution in [0.5, 0.6) is 0 Å². The summed E-state index contributed by atoms with van der Waals surface area (Å²) in [7, 11) is 0. The third-order valence-electron chi connectivity index (χ3n) is 2.55. The van der Waals surface area contributed by atoms with Crippen molar-refractivity contribution in [3.05, 3.63) is 0 Å². The summed E-state index contributed by atoms with van der Waals surface area (Å²) in [6.07, 6.45) is 0.205. The number of rotatable bonds is 3. The van der Waals surface area contributed by atoms with Crippen LogP contribution in [0.25, 0.3) is 0 Å². The minimum absolute atomic E-state index is 0.118. The van der Waals surface area contributed by atoms with Crippen LogP contribution in [0.4, 0.5) is 0 Å². The van der Waals surface area contributed by atoms with Crippen molar-refractivity contribution in [2.24, 2.45) is 5.92 Å². The lowest BCUT2D eigenvalue weighted by Crippen LogP contribution is -2.44. The summed E-state index contributed by atoms with van der Waals surface area (Å²) in [6.45, 7) is 6.64. The Morgan fingerprint density at radius 2 is 2.36 bits per heavy atom. The summed E-state index contributed by atoms with van der Waals surface area (Å²) < 4.78 is 5.46. The van der Waals surface area contributed by atoms with E-state index >= 15 is 0 Å². The highest BCUT2D eigenvalue weighted by molar-refractivity contribution is 7.79. The van der Waals surface area contributed by atoms with Gasteiger partial charge in [0.15, 0.2) is 6.23 Å². The number of carbonyl (C=O) groups is 1. The quantitative estimate of drug-likeness (QED) is 0.670. The van der Waals surface area contributed by atoms with Gasteiger partial charge in [-0.15, -0.1) is 0 Å². The number of carbonyl (C=O) groups excluding carboxylic acids is 1. The Labute approximate surface area is 90.4 Å². The summed E-state index contributed by atoms with van der Waals surface area (Å²) >= 11 is 4.85. The molecule has 1 fully saturated rings. The van der Waals surface area contributed by atoms with Crippen LogP contribution in [0.2, 0.25) is 0 Å². The number of ether oxygens (including phenoxy) is 1. The first-order valence-corrected chi connectivity index (χ1v) is 5.47. The van der Waals surface area contributed by atoms with Crippen LogP contribution in [0.3, 0.4) is 0 Å². The van der Waals surface area contributed by atoms with Gasteiger partial charge in [-0.3, -0.25) is 4.79 Å². The number of thiocarbonyl (C=S) groups is 1. The molecule has 1 heterocycles. The van der Waals surface area contributed by atoms with Gasteiger partial charge in [0, 0.05) is 11.8 Å². The van der Waals surface area contributed by atoms with Gasteiger partial charge in [-0.05, 0) is 5.92 Å². The van der Waals surface area contributed by atoms with E-state index < -0.39 is 0 Å². The topological polar surface area (TPSA) is 29.5 Å². The van der Waals surface area contributed by atoms with Crippen LogP contribution in [0.1, 0.15) is 27.2 Å². The van der Waals surface area contributed by atoms with Crippen LogP contribution in [-0.4, -0.2) is 35.1 Å². The molecule has 4 heteroatoms.